The molecule has 0 saturated heterocycles. The van der Waals surface area contributed by atoms with Crippen molar-refractivity contribution in [2.45, 2.75) is 12.7 Å². The quantitative estimate of drug-likeness (QED) is 0.823. The first-order valence-electron chi connectivity index (χ1n) is 6.64. The number of aliphatic hydroxyl groups excluding tert-OH is 1. The molecule has 112 valence electrons. The van der Waals surface area contributed by atoms with E-state index in [9.17, 15) is 9.50 Å². The van der Waals surface area contributed by atoms with Crippen LogP contribution in [0.3, 0.4) is 0 Å². The fraction of sp³-hybridized carbons (Fsp3) is 0.250. The predicted molar refractivity (Wildman–Crippen MR) is 82.0 cm³/mol. The highest BCUT2D eigenvalue weighted by atomic mass is 35.5. The molecule has 2 aromatic carbocycles. The smallest absolute Gasteiger partial charge is 0.125 e. The van der Waals surface area contributed by atoms with E-state index >= 15 is 0 Å². The van der Waals surface area contributed by atoms with Crippen LogP contribution in [0.4, 0.5) is 10.1 Å². The first-order chi connectivity index (χ1) is 10.1. The van der Waals surface area contributed by atoms with Gasteiger partial charge < -0.3 is 15.2 Å². The Morgan fingerprint density at radius 2 is 1.95 bits per heavy atom. The molecule has 0 aliphatic rings. The van der Waals surface area contributed by atoms with Crippen LogP contribution in [0.15, 0.2) is 48.5 Å². The normalized spacial score (nSPS) is 12.1. The number of hydrogen-bond acceptors (Lipinski definition) is 3. The number of aliphatic hydroxyl groups is 1. The van der Waals surface area contributed by atoms with Crippen molar-refractivity contribution in [2.75, 3.05) is 18.5 Å². The van der Waals surface area contributed by atoms with E-state index in [0.717, 1.165) is 5.56 Å². The van der Waals surface area contributed by atoms with Crippen LogP contribution in [0.2, 0.25) is 5.02 Å². The van der Waals surface area contributed by atoms with E-state index < -0.39 is 6.10 Å². The van der Waals surface area contributed by atoms with E-state index in [1.807, 2.05) is 30.3 Å². The number of ether oxygens (including phenoxy) is 1. The second-order valence-electron chi connectivity index (χ2n) is 4.66. The molecule has 0 aliphatic carbocycles. The van der Waals surface area contributed by atoms with E-state index in [-0.39, 0.29) is 19.0 Å². The molecule has 1 atom stereocenters. The molecule has 2 aromatic rings. The zero-order valence-electron chi connectivity index (χ0n) is 11.4. The molecule has 2 N–H and O–H groups in total. The lowest BCUT2D eigenvalue weighted by Gasteiger charge is -2.14. The summed E-state index contributed by atoms with van der Waals surface area (Å²) in [5, 5.41) is 13.1. The maximum absolute atomic E-state index is 13.1. The molecule has 0 spiro atoms. The highest BCUT2D eigenvalue weighted by molar-refractivity contribution is 6.33. The summed E-state index contributed by atoms with van der Waals surface area (Å²) in [6, 6.07) is 13.8. The Kier molecular flexibility index (Phi) is 5.99. The average Bonchev–Trinajstić information content (AvgIpc) is 2.49. The molecular weight excluding hydrogens is 293 g/mol. The molecule has 0 aromatic heterocycles. The SMILES string of the molecule is OC(CNc1cc(F)ccc1Cl)COCc1ccccc1. The number of hydrogen-bond donors (Lipinski definition) is 2. The molecule has 0 radical (unpaired) electrons. The van der Waals surface area contributed by atoms with Gasteiger partial charge in [0, 0.05) is 6.54 Å². The van der Waals surface area contributed by atoms with Gasteiger partial charge in [0.15, 0.2) is 0 Å². The van der Waals surface area contributed by atoms with Gasteiger partial charge in [-0.1, -0.05) is 41.9 Å². The van der Waals surface area contributed by atoms with E-state index in [1.54, 1.807) is 0 Å². The highest BCUT2D eigenvalue weighted by Gasteiger charge is 2.07. The molecule has 1 unspecified atom stereocenters. The van der Waals surface area contributed by atoms with Crippen LogP contribution in [0.25, 0.3) is 0 Å². The van der Waals surface area contributed by atoms with Gasteiger partial charge in [-0.05, 0) is 23.8 Å². The minimum Gasteiger partial charge on any atom is -0.389 e. The number of halogens is 2. The lowest BCUT2D eigenvalue weighted by Crippen LogP contribution is -2.24. The number of benzene rings is 2. The maximum Gasteiger partial charge on any atom is 0.125 e. The summed E-state index contributed by atoms with van der Waals surface area (Å²) in [7, 11) is 0. The second kappa shape index (κ2) is 7.98. The van der Waals surface area contributed by atoms with Gasteiger partial charge >= 0.3 is 0 Å². The van der Waals surface area contributed by atoms with Crippen LogP contribution in [0, 0.1) is 5.82 Å². The second-order valence-corrected chi connectivity index (χ2v) is 5.07. The molecular formula is C16H17ClFNO2. The predicted octanol–water partition coefficient (Wildman–Crippen LogP) is 3.47. The van der Waals surface area contributed by atoms with Crippen molar-refractivity contribution in [3.8, 4) is 0 Å². The van der Waals surface area contributed by atoms with E-state index in [4.69, 9.17) is 16.3 Å². The lowest BCUT2D eigenvalue weighted by molar-refractivity contribution is 0.0348. The van der Waals surface area contributed by atoms with Crippen molar-refractivity contribution in [3.05, 3.63) is 64.9 Å². The molecule has 3 nitrogen and oxygen atoms in total. The van der Waals surface area contributed by atoms with Crippen molar-refractivity contribution in [1.82, 2.24) is 0 Å². The van der Waals surface area contributed by atoms with Crippen molar-refractivity contribution >= 4 is 17.3 Å². The molecule has 0 saturated carbocycles. The van der Waals surface area contributed by atoms with Crippen molar-refractivity contribution in [1.29, 1.82) is 0 Å². The summed E-state index contributed by atoms with van der Waals surface area (Å²) in [6.45, 7) is 0.866. The van der Waals surface area contributed by atoms with Gasteiger partial charge in [0.25, 0.3) is 0 Å². The Hall–Kier alpha value is -1.62. The Morgan fingerprint density at radius 3 is 2.71 bits per heavy atom. The zero-order valence-corrected chi connectivity index (χ0v) is 12.2. The Morgan fingerprint density at radius 1 is 1.19 bits per heavy atom. The standard InChI is InChI=1S/C16H17ClFNO2/c17-15-7-6-13(18)8-16(15)19-9-14(20)11-21-10-12-4-2-1-3-5-12/h1-8,14,19-20H,9-11H2. The summed E-state index contributed by atoms with van der Waals surface area (Å²) in [6.07, 6.45) is -0.701. The van der Waals surface area contributed by atoms with Crippen LogP contribution in [0.5, 0.6) is 0 Å². The molecule has 0 amide bonds. The van der Waals surface area contributed by atoms with Crippen LogP contribution in [-0.4, -0.2) is 24.4 Å². The average molecular weight is 310 g/mol. The van der Waals surface area contributed by atoms with Crippen LogP contribution < -0.4 is 5.32 Å². The molecule has 21 heavy (non-hydrogen) atoms. The fourth-order valence-electron chi connectivity index (χ4n) is 1.81. The van der Waals surface area contributed by atoms with Crippen molar-refractivity contribution in [3.63, 3.8) is 0 Å². The lowest BCUT2D eigenvalue weighted by atomic mass is 10.2. The molecule has 5 heteroatoms. The van der Waals surface area contributed by atoms with Gasteiger partial charge in [0.2, 0.25) is 0 Å². The maximum atomic E-state index is 13.1. The molecule has 0 heterocycles. The van der Waals surface area contributed by atoms with Gasteiger partial charge in [0.05, 0.1) is 30.0 Å². The summed E-state index contributed by atoms with van der Waals surface area (Å²) < 4.78 is 18.5. The van der Waals surface area contributed by atoms with E-state index in [0.29, 0.717) is 17.3 Å². The van der Waals surface area contributed by atoms with Crippen LogP contribution >= 0.6 is 11.6 Å². The Labute approximate surface area is 128 Å². The number of nitrogens with one attached hydrogen (secondary N) is 1. The van der Waals surface area contributed by atoms with Gasteiger partial charge in [-0.15, -0.1) is 0 Å². The molecule has 0 aliphatic heterocycles. The van der Waals surface area contributed by atoms with Gasteiger partial charge in [-0.3, -0.25) is 0 Å². The summed E-state index contributed by atoms with van der Waals surface area (Å²) in [5.41, 5.74) is 1.50. The molecule has 2 rings (SSSR count). The van der Waals surface area contributed by atoms with Gasteiger partial charge in [-0.25, -0.2) is 4.39 Å². The first-order valence-corrected chi connectivity index (χ1v) is 7.01. The third kappa shape index (κ3) is 5.34. The number of rotatable bonds is 7. The summed E-state index contributed by atoms with van der Waals surface area (Å²) in [4.78, 5) is 0. The van der Waals surface area contributed by atoms with Crippen molar-refractivity contribution < 1.29 is 14.2 Å². The summed E-state index contributed by atoms with van der Waals surface area (Å²) in [5.74, 6) is -0.378. The highest BCUT2D eigenvalue weighted by Crippen LogP contribution is 2.22. The molecule has 0 fully saturated rings. The van der Waals surface area contributed by atoms with E-state index in [2.05, 4.69) is 5.32 Å². The van der Waals surface area contributed by atoms with E-state index in [1.165, 1.54) is 18.2 Å². The van der Waals surface area contributed by atoms with Crippen LogP contribution in [-0.2, 0) is 11.3 Å². The minimum absolute atomic E-state index is 0.189. The van der Waals surface area contributed by atoms with Gasteiger partial charge in [-0.2, -0.15) is 0 Å². The minimum atomic E-state index is -0.701. The zero-order chi connectivity index (χ0) is 15.1. The van der Waals surface area contributed by atoms with Gasteiger partial charge in [0.1, 0.15) is 5.82 Å². The third-order valence-corrected chi connectivity index (χ3v) is 3.21. The Bertz CT molecular complexity index is 565. The van der Waals surface area contributed by atoms with Crippen LogP contribution in [0.1, 0.15) is 5.56 Å². The number of anilines is 1. The Balaban J connectivity index is 1.72. The largest absolute Gasteiger partial charge is 0.389 e. The first kappa shape index (κ1) is 15.8. The monoisotopic (exact) mass is 309 g/mol. The van der Waals surface area contributed by atoms with Crippen molar-refractivity contribution in [2.24, 2.45) is 0 Å². The third-order valence-electron chi connectivity index (χ3n) is 2.88. The fourth-order valence-corrected chi connectivity index (χ4v) is 1.99. The topological polar surface area (TPSA) is 41.5 Å². The molecule has 0 bridgehead atoms. The summed E-state index contributed by atoms with van der Waals surface area (Å²) >= 11 is 5.92.